The van der Waals surface area contributed by atoms with E-state index in [4.69, 9.17) is 9.47 Å². The summed E-state index contributed by atoms with van der Waals surface area (Å²) < 4.78 is 11.5. The summed E-state index contributed by atoms with van der Waals surface area (Å²) in [7, 11) is 0. The minimum absolute atomic E-state index is 0.0136. The summed E-state index contributed by atoms with van der Waals surface area (Å²) in [5, 5.41) is 0. The van der Waals surface area contributed by atoms with E-state index in [1.54, 1.807) is 0 Å². The lowest BCUT2D eigenvalue weighted by Crippen LogP contribution is -2.47. The van der Waals surface area contributed by atoms with Gasteiger partial charge in [0.2, 0.25) is 0 Å². The summed E-state index contributed by atoms with van der Waals surface area (Å²) in [5.41, 5.74) is 0.668. The van der Waals surface area contributed by atoms with Crippen LogP contribution in [0.5, 0.6) is 0 Å². The molecule has 4 nitrogen and oxygen atoms in total. The zero-order valence-electron chi connectivity index (χ0n) is 17.0. The lowest BCUT2D eigenvalue weighted by Gasteiger charge is -2.51. The van der Waals surface area contributed by atoms with Gasteiger partial charge in [0.15, 0.2) is 0 Å². The molecule has 0 heterocycles. The molecule has 3 aliphatic rings. The SMILES string of the molecule is CC(=O)OC1=CC[C@@H]2[C@H](CC[C@]3(C)[C@H](OC(=O)c4ccccc4)CC[C@@H]23)[C@H]1C. The summed E-state index contributed by atoms with van der Waals surface area (Å²) >= 11 is 0. The number of allylic oxidation sites excluding steroid dienone is 2. The Bertz CT molecular complexity index is 783. The summed E-state index contributed by atoms with van der Waals surface area (Å²) in [6.07, 6.45) is 7.27. The fourth-order valence-electron chi connectivity index (χ4n) is 6.14. The van der Waals surface area contributed by atoms with Gasteiger partial charge in [-0.3, -0.25) is 4.79 Å². The van der Waals surface area contributed by atoms with Crippen LogP contribution in [-0.2, 0) is 14.3 Å². The zero-order chi connectivity index (χ0) is 19.9. The van der Waals surface area contributed by atoms with Crippen LogP contribution in [0.25, 0.3) is 0 Å². The topological polar surface area (TPSA) is 52.6 Å². The first kappa shape index (κ1) is 19.2. The van der Waals surface area contributed by atoms with Gasteiger partial charge >= 0.3 is 11.9 Å². The van der Waals surface area contributed by atoms with Crippen LogP contribution in [0.2, 0.25) is 0 Å². The summed E-state index contributed by atoms with van der Waals surface area (Å²) in [6, 6.07) is 9.29. The quantitative estimate of drug-likeness (QED) is 0.679. The van der Waals surface area contributed by atoms with Crippen LogP contribution in [0.15, 0.2) is 42.2 Å². The molecule has 1 aromatic rings. The van der Waals surface area contributed by atoms with Crippen molar-refractivity contribution in [1.82, 2.24) is 0 Å². The van der Waals surface area contributed by atoms with Crippen molar-refractivity contribution in [3.05, 3.63) is 47.7 Å². The first-order chi connectivity index (χ1) is 13.4. The molecule has 28 heavy (non-hydrogen) atoms. The van der Waals surface area contributed by atoms with Crippen LogP contribution in [0, 0.1) is 29.1 Å². The molecule has 2 fully saturated rings. The summed E-state index contributed by atoms with van der Waals surface area (Å²) in [6.45, 7) is 5.98. The van der Waals surface area contributed by atoms with Crippen LogP contribution in [0.4, 0.5) is 0 Å². The highest BCUT2D eigenvalue weighted by atomic mass is 16.5. The molecule has 0 N–H and O–H groups in total. The van der Waals surface area contributed by atoms with Crippen molar-refractivity contribution in [3.63, 3.8) is 0 Å². The molecule has 1 aromatic carbocycles. The maximum absolute atomic E-state index is 12.6. The van der Waals surface area contributed by atoms with Crippen LogP contribution >= 0.6 is 0 Å². The van der Waals surface area contributed by atoms with Crippen LogP contribution in [0.3, 0.4) is 0 Å². The number of carbonyl (C=O) groups excluding carboxylic acids is 2. The third kappa shape index (κ3) is 3.27. The monoisotopic (exact) mass is 382 g/mol. The Morgan fingerprint density at radius 2 is 1.82 bits per heavy atom. The first-order valence-electron chi connectivity index (χ1n) is 10.5. The number of hydrogen-bond acceptors (Lipinski definition) is 4. The van der Waals surface area contributed by atoms with E-state index in [0.717, 1.165) is 37.9 Å². The molecule has 0 aliphatic heterocycles. The lowest BCUT2D eigenvalue weighted by molar-refractivity contribution is -0.139. The minimum Gasteiger partial charge on any atom is -0.458 e. The van der Waals surface area contributed by atoms with Gasteiger partial charge in [0.1, 0.15) is 11.9 Å². The molecule has 0 radical (unpaired) electrons. The third-order valence-corrected chi connectivity index (χ3v) is 7.61. The number of esters is 2. The van der Waals surface area contributed by atoms with E-state index >= 15 is 0 Å². The van der Waals surface area contributed by atoms with Gasteiger partial charge in [-0.2, -0.15) is 0 Å². The molecule has 0 saturated heterocycles. The second kappa shape index (κ2) is 7.38. The van der Waals surface area contributed by atoms with Crippen molar-refractivity contribution in [3.8, 4) is 0 Å². The van der Waals surface area contributed by atoms with Gasteiger partial charge < -0.3 is 9.47 Å². The highest BCUT2D eigenvalue weighted by Crippen LogP contribution is 2.60. The van der Waals surface area contributed by atoms with E-state index in [0.29, 0.717) is 23.3 Å². The van der Waals surface area contributed by atoms with E-state index in [9.17, 15) is 9.59 Å². The van der Waals surface area contributed by atoms with Crippen LogP contribution in [0.1, 0.15) is 63.2 Å². The molecule has 0 spiro atoms. The van der Waals surface area contributed by atoms with Gasteiger partial charge in [-0.05, 0) is 68.1 Å². The Kier molecular flexibility index (Phi) is 5.07. The normalized spacial score (nSPS) is 36.7. The fraction of sp³-hybridized carbons (Fsp3) is 0.583. The lowest BCUT2D eigenvalue weighted by atomic mass is 9.55. The Balaban J connectivity index is 1.50. The van der Waals surface area contributed by atoms with Gasteiger partial charge in [-0.1, -0.05) is 32.0 Å². The number of carbonyl (C=O) groups is 2. The van der Waals surface area contributed by atoms with Crippen molar-refractivity contribution >= 4 is 11.9 Å². The standard InChI is InChI=1S/C24H30O4/c1-15-18-13-14-24(3)20(19(18)9-11-21(15)27-16(2)25)10-12-22(24)28-23(26)17-7-5-4-6-8-17/h4-8,11,15,18-20,22H,9-10,12-14H2,1-3H3/t15-,18-,19-,20+,22-,24+/m1/s1. The highest BCUT2D eigenvalue weighted by molar-refractivity contribution is 5.89. The van der Waals surface area contributed by atoms with E-state index < -0.39 is 0 Å². The Morgan fingerprint density at radius 3 is 2.54 bits per heavy atom. The van der Waals surface area contributed by atoms with Crippen molar-refractivity contribution in [1.29, 1.82) is 0 Å². The average molecular weight is 383 g/mol. The predicted octanol–water partition coefficient (Wildman–Crippen LogP) is 5.14. The summed E-state index contributed by atoms with van der Waals surface area (Å²) in [4.78, 5) is 24.0. The Morgan fingerprint density at radius 1 is 1.07 bits per heavy atom. The fourth-order valence-corrected chi connectivity index (χ4v) is 6.14. The van der Waals surface area contributed by atoms with Gasteiger partial charge in [0, 0.05) is 18.3 Å². The molecule has 0 aromatic heterocycles. The smallest absolute Gasteiger partial charge is 0.338 e. The maximum Gasteiger partial charge on any atom is 0.338 e. The van der Waals surface area contributed by atoms with Crippen molar-refractivity contribution in [2.24, 2.45) is 29.1 Å². The molecule has 3 aliphatic carbocycles. The van der Waals surface area contributed by atoms with Gasteiger partial charge in [0.25, 0.3) is 0 Å². The minimum atomic E-state index is -0.231. The van der Waals surface area contributed by atoms with Gasteiger partial charge in [-0.25, -0.2) is 4.79 Å². The first-order valence-corrected chi connectivity index (χ1v) is 10.5. The molecule has 2 saturated carbocycles. The molecule has 0 bridgehead atoms. The molecule has 6 atom stereocenters. The second-order valence-electron chi connectivity index (χ2n) is 9.04. The number of ether oxygens (including phenoxy) is 2. The molecule has 150 valence electrons. The summed E-state index contributed by atoms with van der Waals surface area (Å²) in [5.74, 6) is 2.36. The molecule has 0 amide bonds. The van der Waals surface area contributed by atoms with Gasteiger partial charge in [0.05, 0.1) is 5.56 Å². The molecular weight excluding hydrogens is 352 g/mol. The molecule has 4 heteroatoms. The van der Waals surface area contributed by atoms with Crippen LogP contribution in [-0.4, -0.2) is 18.0 Å². The van der Waals surface area contributed by atoms with E-state index in [1.165, 1.54) is 6.92 Å². The number of benzene rings is 1. The largest absolute Gasteiger partial charge is 0.458 e. The van der Waals surface area contributed by atoms with Crippen molar-refractivity contribution in [2.75, 3.05) is 0 Å². The zero-order valence-corrected chi connectivity index (χ0v) is 17.0. The number of fused-ring (bicyclic) bond motifs is 3. The average Bonchev–Trinajstić information content (AvgIpc) is 3.01. The van der Waals surface area contributed by atoms with E-state index in [1.807, 2.05) is 30.3 Å². The molecular formula is C24H30O4. The molecule has 0 unspecified atom stereocenters. The number of rotatable bonds is 3. The van der Waals surface area contributed by atoms with Gasteiger partial charge in [-0.15, -0.1) is 0 Å². The predicted molar refractivity (Wildman–Crippen MR) is 106 cm³/mol. The number of hydrogen-bond donors (Lipinski definition) is 0. The highest BCUT2D eigenvalue weighted by Gasteiger charge is 2.56. The van der Waals surface area contributed by atoms with Crippen molar-refractivity contribution < 1.29 is 19.1 Å². The van der Waals surface area contributed by atoms with Crippen LogP contribution < -0.4 is 0 Å². The maximum atomic E-state index is 12.6. The van der Waals surface area contributed by atoms with E-state index in [-0.39, 0.29) is 29.4 Å². The van der Waals surface area contributed by atoms with E-state index in [2.05, 4.69) is 19.9 Å². The molecule has 4 rings (SSSR count). The van der Waals surface area contributed by atoms with Crippen molar-refractivity contribution in [2.45, 2.75) is 59.0 Å². The second-order valence-corrected chi connectivity index (χ2v) is 9.04. The Hall–Kier alpha value is -2.10. The Labute approximate surface area is 167 Å². The third-order valence-electron chi connectivity index (χ3n) is 7.61.